The number of aliphatic hydroxyl groups excluding tert-OH is 1. The third-order valence-electron chi connectivity index (χ3n) is 2.24. The fraction of sp³-hybridized carbons (Fsp3) is 0.250. The van der Waals surface area contributed by atoms with E-state index in [2.05, 4.69) is 16.4 Å². The van der Waals surface area contributed by atoms with Crippen molar-refractivity contribution in [3.8, 4) is 0 Å². The SMILES string of the molecule is C[C@H](O)CNc1ccc2cnccc2c1. The summed E-state index contributed by atoms with van der Waals surface area (Å²) in [7, 11) is 0. The van der Waals surface area contributed by atoms with Crippen molar-refractivity contribution in [1.82, 2.24) is 4.98 Å². The molecule has 3 heteroatoms. The maximum atomic E-state index is 9.15. The first kappa shape index (κ1) is 9.93. The fourth-order valence-electron chi connectivity index (χ4n) is 1.46. The Bertz CT molecular complexity index is 454. The molecule has 0 amide bonds. The molecular weight excluding hydrogens is 188 g/mol. The zero-order valence-electron chi connectivity index (χ0n) is 8.64. The van der Waals surface area contributed by atoms with Crippen LogP contribution in [0.25, 0.3) is 10.8 Å². The van der Waals surface area contributed by atoms with Crippen molar-refractivity contribution in [3.63, 3.8) is 0 Å². The van der Waals surface area contributed by atoms with Crippen LogP contribution in [0.3, 0.4) is 0 Å². The van der Waals surface area contributed by atoms with E-state index in [9.17, 15) is 0 Å². The molecule has 0 saturated heterocycles. The number of aromatic nitrogens is 1. The predicted octanol–water partition coefficient (Wildman–Crippen LogP) is 2.03. The number of nitrogens with zero attached hydrogens (tertiary/aromatic N) is 1. The van der Waals surface area contributed by atoms with Crippen LogP contribution in [0.4, 0.5) is 5.69 Å². The molecule has 15 heavy (non-hydrogen) atoms. The zero-order chi connectivity index (χ0) is 10.7. The standard InChI is InChI=1S/C12H14N2O/c1-9(15)7-14-12-3-2-11-8-13-5-4-10(11)6-12/h2-6,8-9,14-15H,7H2,1H3/t9-/m0/s1. The van der Waals surface area contributed by atoms with Gasteiger partial charge in [0.1, 0.15) is 0 Å². The van der Waals surface area contributed by atoms with Gasteiger partial charge in [0.05, 0.1) is 6.10 Å². The van der Waals surface area contributed by atoms with Gasteiger partial charge < -0.3 is 10.4 Å². The van der Waals surface area contributed by atoms with E-state index >= 15 is 0 Å². The zero-order valence-corrected chi connectivity index (χ0v) is 8.64. The van der Waals surface area contributed by atoms with Crippen molar-refractivity contribution in [2.45, 2.75) is 13.0 Å². The number of rotatable bonds is 3. The molecule has 0 fully saturated rings. The van der Waals surface area contributed by atoms with E-state index < -0.39 is 0 Å². The van der Waals surface area contributed by atoms with Gasteiger partial charge in [0.15, 0.2) is 0 Å². The van der Waals surface area contributed by atoms with E-state index in [-0.39, 0.29) is 6.10 Å². The summed E-state index contributed by atoms with van der Waals surface area (Å²) in [5.74, 6) is 0. The van der Waals surface area contributed by atoms with E-state index in [1.54, 1.807) is 13.1 Å². The van der Waals surface area contributed by atoms with Crippen LogP contribution in [0.1, 0.15) is 6.92 Å². The molecule has 0 radical (unpaired) electrons. The van der Waals surface area contributed by atoms with Crippen molar-refractivity contribution in [3.05, 3.63) is 36.7 Å². The van der Waals surface area contributed by atoms with Gasteiger partial charge in [-0.25, -0.2) is 0 Å². The van der Waals surface area contributed by atoms with Crippen LogP contribution < -0.4 is 5.32 Å². The van der Waals surface area contributed by atoms with Gasteiger partial charge in [0.25, 0.3) is 0 Å². The van der Waals surface area contributed by atoms with Crippen molar-refractivity contribution >= 4 is 16.5 Å². The second kappa shape index (κ2) is 4.28. The second-order valence-electron chi connectivity index (χ2n) is 3.67. The second-order valence-corrected chi connectivity index (χ2v) is 3.67. The van der Waals surface area contributed by atoms with Crippen LogP contribution >= 0.6 is 0 Å². The lowest BCUT2D eigenvalue weighted by Gasteiger charge is -2.08. The van der Waals surface area contributed by atoms with Crippen LogP contribution in [-0.4, -0.2) is 22.7 Å². The Morgan fingerprint density at radius 1 is 1.33 bits per heavy atom. The molecule has 78 valence electrons. The lowest BCUT2D eigenvalue weighted by atomic mass is 10.1. The molecule has 0 spiro atoms. The summed E-state index contributed by atoms with van der Waals surface area (Å²) in [6, 6.07) is 8.04. The summed E-state index contributed by atoms with van der Waals surface area (Å²) >= 11 is 0. The van der Waals surface area contributed by atoms with Crippen molar-refractivity contribution < 1.29 is 5.11 Å². The molecule has 1 atom stereocenters. The first-order chi connectivity index (χ1) is 7.25. The fourth-order valence-corrected chi connectivity index (χ4v) is 1.46. The molecule has 2 N–H and O–H groups in total. The van der Waals surface area contributed by atoms with Crippen LogP contribution in [0.2, 0.25) is 0 Å². The minimum absolute atomic E-state index is 0.335. The smallest absolute Gasteiger partial charge is 0.0684 e. The summed E-state index contributed by atoms with van der Waals surface area (Å²) in [5.41, 5.74) is 1.02. The molecule has 2 rings (SSSR count). The van der Waals surface area contributed by atoms with Crippen LogP contribution in [0.5, 0.6) is 0 Å². The molecule has 3 nitrogen and oxygen atoms in total. The van der Waals surface area contributed by atoms with Gasteiger partial charge in [-0.05, 0) is 30.5 Å². The van der Waals surface area contributed by atoms with Gasteiger partial charge in [0.2, 0.25) is 0 Å². The van der Waals surface area contributed by atoms with Gasteiger partial charge in [-0.15, -0.1) is 0 Å². The number of nitrogens with one attached hydrogen (secondary N) is 1. The first-order valence-corrected chi connectivity index (χ1v) is 5.01. The lowest BCUT2D eigenvalue weighted by molar-refractivity contribution is 0.208. The van der Waals surface area contributed by atoms with Crippen molar-refractivity contribution in [1.29, 1.82) is 0 Å². The van der Waals surface area contributed by atoms with E-state index in [1.807, 2.05) is 24.4 Å². The third kappa shape index (κ3) is 2.44. The highest BCUT2D eigenvalue weighted by atomic mass is 16.3. The molecule has 0 bridgehead atoms. The minimum atomic E-state index is -0.335. The number of aliphatic hydroxyl groups is 1. The summed E-state index contributed by atoms with van der Waals surface area (Å²) in [5, 5.41) is 14.6. The average molecular weight is 202 g/mol. The Hall–Kier alpha value is -1.61. The largest absolute Gasteiger partial charge is 0.392 e. The predicted molar refractivity (Wildman–Crippen MR) is 61.9 cm³/mol. The topological polar surface area (TPSA) is 45.1 Å². The van der Waals surface area contributed by atoms with E-state index in [0.29, 0.717) is 6.54 Å². The molecule has 0 unspecified atom stereocenters. The quantitative estimate of drug-likeness (QED) is 0.800. The van der Waals surface area contributed by atoms with Gasteiger partial charge >= 0.3 is 0 Å². The number of fused-ring (bicyclic) bond motifs is 1. The number of anilines is 1. The molecule has 0 saturated carbocycles. The first-order valence-electron chi connectivity index (χ1n) is 5.01. The number of pyridine rings is 1. The highest BCUT2D eigenvalue weighted by molar-refractivity contribution is 5.84. The Morgan fingerprint density at radius 2 is 2.20 bits per heavy atom. The van der Waals surface area contributed by atoms with Crippen LogP contribution in [0, 0.1) is 0 Å². The molecule has 1 heterocycles. The maximum absolute atomic E-state index is 9.15. The number of hydrogen-bond donors (Lipinski definition) is 2. The van der Waals surface area contributed by atoms with Crippen molar-refractivity contribution in [2.24, 2.45) is 0 Å². The number of hydrogen-bond acceptors (Lipinski definition) is 3. The van der Waals surface area contributed by atoms with Gasteiger partial charge in [-0.1, -0.05) is 6.07 Å². The summed E-state index contributed by atoms with van der Waals surface area (Å²) < 4.78 is 0. The summed E-state index contributed by atoms with van der Waals surface area (Å²) in [4.78, 5) is 4.06. The van der Waals surface area contributed by atoms with Crippen molar-refractivity contribution in [2.75, 3.05) is 11.9 Å². The highest BCUT2D eigenvalue weighted by Crippen LogP contribution is 2.17. The Morgan fingerprint density at radius 3 is 3.00 bits per heavy atom. The molecule has 0 aliphatic heterocycles. The molecule has 2 aromatic rings. The Balaban J connectivity index is 2.23. The number of benzene rings is 1. The molecule has 1 aromatic heterocycles. The Labute approximate surface area is 88.8 Å². The van der Waals surface area contributed by atoms with Gasteiger partial charge in [-0.3, -0.25) is 4.98 Å². The van der Waals surface area contributed by atoms with E-state index in [0.717, 1.165) is 16.5 Å². The molecule has 0 aliphatic carbocycles. The highest BCUT2D eigenvalue weighted by Gasteiger charge is 1.97. The van der Waals surface area contributed by atoms with Gasteiger partial charge in [0, 0.05) is 30.0 Å². The monoisotopic (exact) mass is 202 g/mol. The lowest BCUT2D eigenvalue weighted by Crippen LogP contribution is -2.15. The van der Waals surface area contributed by atoms with Crippen LogP contribution in [-0.2, 0) is 0 Å². The molecule has 1 aromatic carbocycles. The van der Waals surface area contributed by atoms with Gasteiger partial charge in [-0.2, -0.15) is 0 Å². The Kier molecular flexibility index (Phi) is 2.83. The normalized spacial score (nSPS) is 12.7. The summed E-state index contributed by atoms with van der Waals surface area (Å²) in [6.45, 7) is 2.33. The maximum Gasteiger partial charge on any atom is 0.0684 e. The summed E-state index contributed by atoms with van der Waals surface area (Å²) in [6.07, 6.45) is 3.28. The average Bonchev–Trinajstić information content (AvgIpc) is 2.26. The molecular formula is C12H14N2O. The molecule has 0 aliphatic rings. The third-order valence-corrected chi connectivity index (χ3v) is 2.24. The van der Waals surface area contributed by atoms with E-state index in [4.69, 9.17) is 5.11 Å². The minimum Gasteiger partial charge on any atom is -0.392 e. The van der Waals surface area contributed by atoms with E-state index in [1.165, 1.54) is 0 Å². The van der Waals surface area contributed by atoms with Crippen LogP contribution in [0.15, 0.2) is 36.7 Å².